The van der Waals surface area contributed by atoms with Crippen LogP contribution in [0.5, 0.6) is 0 Å². The molecular formula is C15H21N2S+. The fourth-order valence-corrected chi connectivity index (χ4v) is 2.39. The van der Waals surface area contributed by atoms with Gasteiger partial charge in [-0.05, 0) is 37.5 Å². The molecule has 0 bridgehead atoms. The van der Waals surface area contributed by atoms with E-state index in [1.165, 1.54) is 24.0 Å². The van der Waals surface area contributed by atoms with Crippen LogP contribution in [0.15, 0.2) is 35.7 Å². The Morgan fingerprint density at radius 2 is 2.06 bits per heavy atom. The molecule has 0 radical (unpaired) electrons. The summed E-state index contributed by atoms with van der Waals surface area (Å²) in [4.78, 5) is 1.05. The SMILES string of the molecule is CCCC[n+]1ccn(-c2cc(C)cc(C)c2S)c1. The molecule has 0 aliphatic carbocycles. The fraction of sp³-hybridized carbons (Fsp3) is 0.400. The van der Waals surface area contributed by atoms with Crippen LogP contribution in [0.2, 0.25) is 0 Å². The first-order chi connectivity index (χ1) is 8.61. The molecule has 0 aliphatic rings. The van der Waals surface area contributed by atoms with Gasteiger partial charge in [0.2, 0.25) is 6.33 Å². The number of aromatic nitrogens is 2. The second-order valence-corrected chi connectivity index (χ2v) is 5.31. The van der Waals surface area contributed by atoms with Crippen LogP contribution in [-0.2, 0) is 6.54 Å². The van der Waals surface area contributed by atoms with E-state index < -0.39 is 0 Å². The van der Waals surface area contributed by atoms with Crippen molar-refractivity contribution in [1.82, 2.24) is 4.57 Å². The molecule has 0 unspecified atom stereocenters. The topological polar surface area (TPSA) is 8.81 Å². The van der Waals surface area contributed by atoms with Gasteiger partial charge >= 0.3 is 0 Å². The van der Waals surface area contributed by atoms with Gasteiger partial charge in [0.05, 0.1) is 11.4 Å². The Morgan fingerprint density at radius 3 is 2.78 bits per heavy atom. The lowest BCUT2D eigenvalue weighted by molar-refractivity contribution is -0.696. The number of benzene rings is 1. The molecule has 0 N–H and O–H groups in total. The van der Waals surface area contributed by atoms with Crippen molar-refractivity contribution in [3.63, 3.8) is 0 Å². The van der Waals surface area contributed by atoms with E-state index in [2.05, 4.69) is 73.4 Å². The van der Waals surface area contributed by atoms with Crippen LogP contribution in [0.4, 0.5) is 0 Å². The molecule has 1 aromatic heterocycles. The molecule has 3 heteroatoms. The third-order valence-corrected chi connectivity index (χ3v) is 3.75. The number of imidazole rings is 1. The molecule has 1 heterocycles. The summed E-state index contributed by atoms with van der Waals surface area (Å²) in [6.07, 6.45) is 8.81. The zero-order valence-electron chi connectivity index (χ0n) is 11.3. The van der Waals surface area contributed by atoms with Crippen LogP contribution in [0, 0.1) is 13.8 Å². The number of hydrogen-bond donors (Lipinski definition) is 1. The Hall–Kier alpha value is -1.22. The zero-order chi connectivity index (χ0) is 13.1. The second kappa shape index (κ2) is 5.61. The van der Waals surface area contributed by atoms with Gasteiger partial charge in [-0.1, -0.05) is 19.4 Å². The summed E-state index contributed by atoms with van der Waals surface area (Å²) in [5.41, 5.74) is 3.65. The van der Waals surface area contributed by atoms with Gasteiger partial charge < -0.3 is 0 Å². The molecule has 0 saturated heterocycles. The van der Waals surface area contributed by atoms with E-state index in [9.17, 15) is 0 Å². The predicted molar refractivity (Wildman–Crippen MR) is 77.6 cm³/mol. The first-order valence-corrected chi connectivity index (χ1v) is 6.94. The first kappa shape index (κ1) is 13.2. The highest BCUT2D eigenvalue weighted by Crippen LogP contribution is 2.23. The number of aryl methyl sites for hydroxylation is 3. The highest BCUT2D eigenvalue weighted by atomic mass is 32.1. The van der Waals surface area contributed by atoms with E-state index in [-0.39, 0.29) is 0 Å². The maximum Gasteiger partial charge on any atom is 0.249 e. The van der Waals surface area contributed by atoms with E-state index in [1.54, 1.807) is 0 Å². The monoisotopic (exact) mass is 261 g/mol. The average molecular weight is 261 g/mol. The first-order valence-electron chi connectivity index (χ1n) is 6.49. The van der Waals surface area contributed by atoms with Gasteiger partial charge in [-0.2, -0.15) is 0 Å². The lowest BCUT2D eigenvalue weighted by atomic mass is 10.1. The molecule has 0 saturated carbocycles. The van der Waals surface area contributed by atoms with E-state index in [0.29, 0.717) is 0 Å². The lowest BCUT2D eigenvalue weighted by Gasteiger charge is -2.05. The summed E-state index contributed by atoms with van der Waals surface area (Å²) in [5, 5.41) is 0. The molecule has 0 aliphatic heterocycles. The molecule has 2 rings (SSSR count). The van der Waals surface area contributed by atoms with Crippen LogP contribution < -0.4 is 4.57 Å². The summed E-state index contributed by atoms with van der Waals surface area (Å²) in [7, 11) is 0. The molecule has 2 aromatic rings. The number of hydrogen-bond acceptors (Lipinski definition) is 1. The largest absolute Gasteiger partial charge is 0.249 e. The molecule has 0 spiro atoms. The molecular weight excluding hydrogens is 240 g/mol. The summed E-state index contributed by atoms with van der Waals surface area (Å²) < 4.78 is 4.38. The van der Waals surface area contributed by atoms with Gasteiger partial charge in [0.15, 0.2) is 0 Å². The van der Waals surface area contributed by atoms with Gasteiger partial charge in [-0.25, -0.2) is 9.13 Å². The van der Waals surface area contributed by atoms with Crippen molar-refractivity contribution in [1.29, 1.82) is 0 Å². The minimum absolute atomic E-state index is 1.05. The molecule has 0 amide bonds. The van der Waals surface area contributed by atoms with Gasteiger partial charge in [0, 0.05) is 0 Å². The smallest absolute Gasteiger partial charge is 0.236 e. The van der Waals surface area contributed by atoms with E-state index >= 15 is 0 Å². The lowest BCUT2D eigenvalue weighted by Crippen LogP contribution is -2.30. The van der Waals surface area contributed by atoms with Gasteiger partial charge in [-0.3, -0.25) is 0 Å². The van der Waals surface area contributed by atoms with Crippen molar-refractivity contribution in [2.24, 2.45) is 0 Å². The summed E-state index contributed by atoms with van der Waals surface area (Å²) in [6, 6.07) is 4.35. The Morgan fingerprint density at radius 1 is 1.28 bits per heavy atom. The second-order valence-electron chi connectivity index (χ2n) is 4.86. The summed E-state index contributed by atoms with van der Waals surface area (Å²) in [6.45, 7) is 7.52. The van der Waals surface area contributed by atoms with Crippen molar-refractivity contribution in [2.75, 3.05) is 0 Å². The van der Waals surface area contributed by atoms with Crippen LogP contribution in [0.3, 0.4) is 0 Å². The van der Waals surface area contributed by atoms with Crippen LogP contribution >= 0.6 is 12.6 Å². The van der Waals surface area contributed by atoms with Crippen molar-refractivity contribution in [3.05, 3.63) is 42.0 Å². The standard InChI is InChI=1S/C15H20N2S/c1-4-5-6-16-7-8-17(11-16)14-10-12(2)9-13(3)15(14)18/h7-11H,4-6H2,1-3H3/p+1. The third-order valence-electron chi connectivity index (χ3n) is 3.16. The highest BCUT2D eigenvalue weighted by Gasteiger charge is 2.11. The Kier molecular flexibility index (Phi) is 4.12. The average Bonchev–Trinajstić information content (AvgIpc) is 2.79. The molecule has 18 heavy (non-hydrogen) atoms. The Bertz CT molecular complexity index is 543. The van der Waals surface area contributed by atoms with Gasteiger partial charge in [-0.15, -0.1) is 12.6 Å². The third kappa shape index (κ3) is 2.78. The number of thiol groups is 1. The molecule has 0 atom stereocenters. The molecule has 96 valence electrons. The van der Waals surface area contributed by atoms with Crippen LogP contribution in [0.1, 0.15) is 30.9 Å². The van der Waals surface area contributed by atoms with E-state index in [1.807, 2.05) is 0 Å². The van der Waals surface area contributed by atoms with E-state index in [4.69, 9.17) is 0 Å². The van der Waals surface area contributed by atoms with Crippen molar-refractivity contribution in [3.8, 4) is 5.69 Å². The maximum absolute atomic E-state index is 4.62. The minimum Gasteiger partial charge on any atom is -0.236 e. The van der Waals surface area contributed by atoms with Crippen molar-refractivity contribution >= 4 is 12.6 Å². The van der Waals surface area contributed by atoms with Gasteiger partial charge in [0.25, 0.3) is 0 Å². The summed E-state index contributed by atoms with van der Waals surface area (Å²) in [5.74, 6) is 0. The van der Waals surface area contributed by atoms with Crippen LogP contribution in [0.25, 0.3) is 5.69 Å². The summed E-state index contributed by atoms with van der Waals surface area (Å²) >= 11 is 4.62. The number of unbranched alkanes of at least 4 members (excludes halogenated alkanes) is 1. The van der Waals surface area contributed by atoms with Crippen molar-refractivity contribution < 1.29 is 4.57 Å². The molecule has 1 aromatic carbocycles. The number of nitrogens with zero attached hydrogens (tertiary/aromatic N) is 2. The van der Waals surface area contributed by atoms with Gasteiger partial charge in [0.1, 0.15) is 18.1 Å². The van der Waals surface area contributed by atoms with Crippen molar-refractivity contribution in [2.45, 2.75) is 45.1 Å². The quantitative estimate of drug-likeness (QED) is 0.637. The normalized spacial score (nSPS) is 10.9. The fourth-order valence-electron chi connectivity index (χ4n) is 2.14. The maximum atomic E-state index is 4.62. The van der Waals surface area contributed by atoms with E-state index in [0.717, 1.165) is 17.1 Å². The molecule has 2 nitrogen and oxygen atoms in total. The predicted octanol–water partition coefficient (Wildman–Crippen LogP) is 3.47. The van der Waals surface area contributed by atoms with Crippen LogP contribution in [-0.4, -0.2) is 4.57 Å². The Balaban J connectivity index is 2.34. The highest BCUT2D eigenvalue weighted by molar-refractivity contribution is 7.80. The number of rotatable bonds is 4. The Labute approximate surface area is 115 Å². The molecule has 0 fully saturated rings. The zero-order valence-corrected chi connectivity index (χ0v) is 12.2. The minimum atomic E-state index is 1.05.